The van der Waals surface area contributed by atoms with Gasteiger partial charge in [-0.3, -0.25) is 4.79 Å². The first-order valence-corrected chi connectivity index (χ1v) is 10.2. The minimum Gasteiger partial charge on any atom is -0.597 e. The number of benzene rings is 1. The predicted molar refractivity (Wildman–Crippen MR) is 98.0 cm³/mol. The SMILES string of the molecule is CO/N=[N+](/[O-])CC(=O)N1CCCN(S(=O)(=O)c2ccc(C)cc2)C1C(C)C. The molecule has 0 bridgehead atoms. The lowest BCUT2D eigenvalue weighted by Crippen LogP contribution is -2.60. The van der Waals surface area contributed by atoms with Crippen LogP contribution in [0.1, 0.15) is 25.8 Å². The van der Waals surface area contributed by atoms with Gasteiger partial charge in [-0.2, -0.15) is 4.31 Å². The third kappa shape index (κ3) is 4.75. The number of nitrogens with zero attached hydrogens (tertiary/aromatic N) is 4. The van der Waals surface area contributed by atoms with E-state index in [0.717, 1.165) is 5.56 Å². The molecule has 1 heterocycles. The van der Waals surface area contributed by atoms with Gasteiger partial charge in [0.05, 0.1) is 4.90 Å². The second-order valence-electron chi connectivity index (χ2n) is 6.80. The minimum atomic E-state index is -3.78. The Hall–Kier alpha value is -2.20. The first kappa shape index (κ1) is 21.1. The van der Waals surface area contributed by atoms with Crippen LogP contribution >= 0.6 is 0 Å². The molecule has 1 amide bonds. The molecule has 1 aliphatic heterocycles. The number of rotatable bonds is 6. The normalized spacial score (nSPS) is 19.4. The zero-order valence-electron chi connectivity index (χ0n) is 16.0. The summed E-state index contributed by atoms with van der Waals surface area (Å²) in [5.74, 6) is -0.651. The molecule has 1 atom stereocenters. The van der Waals surface area contributed by atoms with E-state index in [2.05, 4.69) is 10.1 Å². The molecule has 0 aromatic heterocycles. The molecule has 0 aliphatic carbocycles. The highest BCUT2D eigenvalue weighted by molar-refractivity contribution is 7.89. The maximum atomic E-state index is 13.2. The van der Waals surface area contributed by atoms with Gasteiger partial charge in [0.15, 0.2) is 5.28 Å². The molecule has 10 heteroatoms. The smallest absolute Gasteiger partial charge is 0.293 e. The van der Waals surface area contributed by atoms with Crippen LogP contribution in [0.25, 0.3) is 0 Å². The average molecular weight is 398 g/mol. The van der Waals surface area contributed by atoms with E-state index in [0.29, 0.717) is 19.5 Å². The zero-order chi connectivity index (χ0) is 20.2. The van der Waals surface area contributed by atoms with E-state index in [4.69, 9.17) is 0 Å². The molecule has 0 N–H and O–H groups in total. The molecule has 1 fully saturated rings. The minimum absolute atomic E-state index is 0.146. The summed E-state index contributed by atoms with van der Waals surface area (Å²) >= 11 is 0. The summed E-state index contributed by atoms with van der Waals surface area (Å²) in [5, 5.41) is 14.7. The summed E-state index contributed by atoms with van der Waals surface area (Å²) in [6, 6.07) is 6.62. The highest BCUT2D eigenvalue weighted by Gasteiger charge is 2.42. The van der Waals surface area contributed by atoms with E-state index in [1.807, 2.05) is 20.8 Å². The summed E-state index contributed by atoms with van der Waals surface area (Å²) in [4.78, 5) is 18.7. The quantitative estimate of drug-likeness (QED) is 0.412. The number of hydrogen-bond acceptors (Lipinski definition) is 6. The molecule has 1 saturated heterocycles. The number of hydroxylamine groups is 1. The topological polar surface area (TPSA) is 105 Å². The Morgan fingerprint density at radius 1 is 1.33 bits per heavy atom. The Labute approximate surface area is 159 Å². The van der Waals surface area contributed by atoms with Crippen molar-refractivity contribution in [3.63, 3.8) is 0 Å². The van der Waals surface area contributed by atoms with Crippen LogP contribution in [0.3, 0.4) is 0 Å². The van der Waals surface area contributed by atoms with Crippen molar-refractivity contribution in [2.75, 3.05) is 26.7 Å². The van der Waals surface area contributed by atoms with Crippen LogP contribution < -0.4 is 0 Å². The number of amides is 1. The fraction of sp³-hybridized carbons (Fsp3) is 0.588. The molecule has 9 nitrogen and oxygen atoms in total. The van der Waals surface area contributed by atoms with Gasteiger partial charge in [-0.25, -0.2) is 8.42 Å². The molecule has 27 heavy (non-hydrogen) atoms. The highest BCUT2D eigenvalue weighted by Crippen LogP contribution is 2.28. The van der Waals surface area contributed by atoms with E-state index < -0.39 is 28.6 Å². The van der Waals surface area contributed by atoms with Gasteiger partial charge in [0, 0.05) is 13.1 Å². The Bertz CT molecular complexity index is 792. The molecule has 1 aliphatic rings. The second kappa shape index (κ2) is 8.66. The molecular weight excluding hydrogens is 372 g/mol. The van der Waals surface area contributed by atoms with Gasteiger partial charge in [-0.15, -0.1) is 0 Å². The van der Waals surface area contributed by atoms with Gasteiger partial charge in [0.25, 0.3) is 12.5 Å². The Morgan fingerprint density at radius 2 is 1.96 bits per heavy atom. The van der Waals surface area contributed by atoms with Crippen LogP contribution in [-0.2, 0) is 19.7 Å². The van der Waals surface area contributed by atoms with Gasteiger partial charge < -0.3 is 14.9 Å². The van der Waals surface area contributed by atoms with Gasteiger partial charge >= 0.3 is 0 Å². The second-order valence-corrected chi connectivity index (χ2v) is 8.69. The first-order valence-electron chi connectivity index (χ1n) is 8.75. The summed E-state index contributed by atoms with van der Waals surface area (Å²) in [5.41, 5.74) is 0.960. The van der Waals surface area contributed by atoms with Crippen molar-refractivity contribution < 1.29 is 22.9 Å². The summed E-state index contributed by atoms with van der Waals surface area (Å²) in [6.07, 6.45) is -0.186. The van der Waals surface area contributed by atoms with Crippen molar-refractivity contribution in [1.82, 2.24) is 9.21 Å². The fourth-order valence-corrected chi connectivity index (χ4v) is 4.98. The Kier molecular flexibility index (Phi) is 6.77. The van der Waals surface area contributed by atoms with E-state index in [1.54, 1.807) is 24.3 Å². The van der Waals surface area contributed by atoms with Crippen LogP contribution in [0, 0.1) is 18.0 Å². The number of hydrogen-bond donors (Lipinski definition) is 0. The van der Waals surface area contributed by atoms with Crippen LogP contribution in [0.5, 0.6) is 0 Å². The Morgan fingerprint density at radius 3 is 2.52 bits per heavy atom. The molecular formula is C17H26N4O5S. The van der Waals surface area contributed by atoms with E-state index in [9.17, 15) is 18.4 Å². The van der Waals surface area contributed by atoms with Crippen LogP contribution in [0.2, 0.25) is 0 Å². The third-order valence-electron chi connectivity index (χ3n) is 4.38. The standard InChI is InChI=1S/C17H26N4O5S/c1-13(2)17-19(16(22)12-21(23)18-26-4)10-5-11-20(17)27(24,25)15-8-6-14(3)7-9-15/h6-9,13,17H,5,10-12H2,1-4H3/b21-18+. The molecule has 0 spiro atoms. The lowest BCUT2D eigenvalue weighted by molar-refractivity contribution is -0.547. The van der Waals surface area contributed by atoms with Crippen molar-refractivity contribution >= 4 is 15.9 Å². The summed E-state index contributed by atoms with van der Waals surface area (Å²) in [7, 11) is -2.57. The molecule has 1 unspecified atom stereocenters. The molecule has 2 rings (SSSR count). The molecule has 1 aromatic rings. The first-order chi connectivity index (χ1) is 12.7. The third-order valence-corrected chi connectivity index (χ3v) is 6.26. The van der Waals surface area contributed by atoms with Crippen LogP contribution in [0.4, 0.5) is 0 Å². The maximum absolute atomic E-state index is 13.2. The lowest BCUT2D eigenvalue weighted by Gasteiger charge is -2.44. The monoisotopic (exact) mass is 398 g/mol. The lowest BCUT2D eigenvalue weighted by atomic mass is 10.1. The number of carbonyl (C=O) groups excluding carboxylic acids is 1. The number of carbonyl (C=O) groups is 1. The fourth-order valence-electron chi connectivity index (χ4n) is 3.22. The predicted octanol–water partition coefficient (Wildman–Crippen LogP) is 1.72. The maximum Gasteiger partial charge on any atom is 0.293 e. The van der Waals surface area contributed by atoms with Gasteiger partial charge in [0.2, 0.25) is 10.0 Å². The van der Waals surface area contributed by atoms with Crippen LogP contribution in [0.15, 0.2) is 34.4 Å². The van der Waals surface area contributed by atoms with Crippen LogP contribution in [-0.4, -0.2) is 61.3 Å². The van der Waals surface area contributed by atoms with Crippen molar-refractivity contribution in [2.45, 2.75) is 38.3 Å². The van der Waals surface area contributed by atoms with Crippen molar-refractivity contribution in [2.24, 2.45) is 11.2 Å². The average Bonchev–Trinajstić information content (AvgIpc) is 2.61. The summed E-state index contributed by atoms with van der Waals surface area (Å²) < 4.78 is 27.7. The zero-order valence-corrected chi connectivity index (χ0v) is 16.8. The van der Waals surface area contributed by atoms with Crippen molar-refractivity contribution in [3.05, 3.63) is 35.0 Å². The summed E-state index contributed by atoms with van der Waals surface area (Å²) in [6.45, 7) is 5.74. The van der Waals surface area contributed by atoms with E-state index in [1.165, 1.54) is 16.3 Å². The number of sulfonamides is 1. The van der Waals surface area contributed by atoms with E-state index >= 15 is 0 Å². The van der Waals surface area contributed by atoms with Gasteiger partial charge in [0.1, 0.15) is 13.3 Å². The van der Waals surface area contributed by atoms with E-state index in [-0.39, 0.29) is 15.7 Å². The molecule has 150 valence electrons. The Balaban J connectivity index is 2.34. The van der Waals surface area contributed by atoms with Gasteiger partial charge in [-0.05, 0) is 36.3 Å². The highest BCUT2D eigenvalue weighted by atomic mass is 32.2. The van der Waals surface area contributed by atoms with Crippen molar-refractivity contribution in [1.29, 1.82) is 0 Å². The molecule has 0 saturated carbocycles. The van der Waals surface area contributed by atoms with Crippen molar-refractivity contribution in [3.8, 4) is 0 Å². The number of aryl methyl sites for hydroxylation is 1. The largest absolute Gasteiger partial charge is 0.597 e. The molecule has 1 aromatic carbocycles. The molecule has 0 radical (unpaired) electrons. The van der Waals surface area contributed by atoms with Gasteiger partial charge in [-0.1, -0.05) is 31.5 Å².